The van der Waals surface area contributed by atoms with Crippen LogP contribution in [-0.2, 0) is 0 Å². The summed E-state index contributed by atoms with van der Waals surface area (Å²) < 4.78 is 14.6. The van der Waals surface area contributed by atoms with Crippen LogP contribution in [-0.4, -0.2) is 15.1 Å². The number of aromatic nitrogens is 2. The van der Waals surface area contributed by atoms with Gasteiger partial charge in [-0.1, -0.05) is 29.8 Å². The molecule has 1 heterocycles. The van der Waals surface area contributed by atoms with Crippen molar-refractivity contribution >= 4 is 38.6 Å². The molecule has 0 saturated heterocycles. The van der Waals surface area contributed by atoms with E-state index in [1.165, 1.54) is 12.3 Å². The maximum absolute atomic E-state index is 14.1. The number of benzene rings is 2. The molecule has 0 fully saturated rings. The van der Waals surface area contributed by atoms with Gasteiger partial charge in [0, 0.05) is 10.0 Å². The third-order valence-corrected chi connectivity index (χ3v) is 4.37. The summed E-state index contributed by atoms with van der Waals surface area (Å²) >= 11 is 8.98. The van der Waals surface area contributed by atoms with Crippen LogP contribution in [0.1, 0.15) is 17.4 Å². The highest BCUT2D eigenvalue weighted by Gasteiger charge is 2.20. The van der Waals surface area contributed by atoms with Crippen LogP contribution >= 0.6 is 27.5 Å². The SMILES string of the molecule is OC(c1cnc2ccccc2n1)c1ccc(Br)c(Cl)c1F. The van der Waals surface area contributed by atoms with Crippen molar-refractivity contribution in [1.29, 1.82) is 0 Å². The zero-order chi connectivity index (χ0) is 15.0. The molecule has 0 radical (unpaired) electrons. The first kappa shape index (κ1) is 14.4. The molecule has 0 aliphatic rings. The first-order valence-electron chi connectivity index (χ1n) is 6.11. The molecule has 1 unspecified atom stereocenters. The second-order valence-corrected chi connectivity index (χ2v) is 5.68. The van der Waals surface area contributed by atoms with Crippen molar-refractivity contribution in [2.75, 3.05) is 0 Å². The lowest BCUT2D eigenvalue weighted by Crippen LogP contribution is -2.06. The smallest absolute Gasteiger partial charge is 0.149 e. The Morgan fingerprint density at radius 2 is 1.86 bits per heavy atom. The summed E-state index contributed by atoms with van der Waals surface area (Å²) in [5, 5.41) is 10.3. The lowest BCUT2D eigenvalue weighted by molar-refractivity contribution is 0.210. The van der Waals surface area contributed by atoms with Crippen molar-refractivity contribution in [2.45, 2.75) is 6.10 Å². The van der Waals surface area contributed by atoms with E-state index in [-0.39, 0.29) is 16.3 Å². The number of para-hydroxylation sites is 2. The number of aliphatic hydroxyl groups is 1. The van der Waals surface area contributed by atoms with Gasteiger partial charge in [-0.05, 0) is 34.1 Å². The van der Waals surface area contributed by atoms with Gasteiger partial charge in [0.2, 0.25) is 0 Å². The average Bonchev–Trinajstić information content (AvgIpc) is 2.52. The Bertz CT molecular complexity index is 828. The standard InChI is InChI=1S/C15H9BrClFN2O/c16-9-6-5-8(14(18)13(9)17)15(21)12-7-19-10-3-1-2-4-11(10)20-12/h1-7,15,21H. The first-order valence-corrected chi connectivity index (χ1v) is 7.28. The number of hydrogen-bond acceptors (Lipinski definition) is 3. The summed E-state index contributed by atoms with van der Waals surface area (Å²) in [6, 6.07) is 10.3. The van der Waals surface area contributed by atoms with Gasteiger partial charge in [0.05, 0.1) is 27.9 Å². The summed E-state index contributed by atoms with van der Waals surface area (Å²) in [6.45, 7) is 0. The molecule has 0 aliphatic heterocycles. The van der Waals surface area contributed by atoms with Gasteiger partial charge in [0.15, 0.2) is 0 Å². The second kappa shape index (κ2) is 5.67. The maximum atomic E-state index is 14.1. The minimum atomic E-state index is -1.23. The van der Waals surface area contributed by atoms with E-state index in [4.69, 9.17) is 11.6 Å². The summed E-state index contributed by atoms with van der Waals surface area (Å²) in [5.41, 5.74) is 1.68. The predicted molar refractivity (Wildman–Crippen MR) is 82.7 cm³/mol. The maximum Gasteiger partial charge on any atom is 0.149 e. The normalized spacial score (nSPS) is 12.6. The molecule has 1 atom stereocenters. The molecular formula is C15H9BrClFN2O. The molecule has 3 nitrogen and oxygen atoms in total. The molecule has 21 heavy (non-hydrogen) atoms. The molecule has 0 saturated carbocycles. The summed E-state index contributed by atoms with van der Waals surface area (Å²) in [5.74, 6) is -0.673. The van der Waals surface area contributed by atoms with Crippen LogP contribution in [0.5, 0.6) is 0 Å². The van der Waals surface area contributed by atoms with E-state index in [0.717, 1.165) is 0 Å². The molecule has 3 aromatic rings. The van der Waals surface area contributed by atoms with Crippen LogP contribution in [0.2, 0.25) is 5.02 Å². The van der Waals surface area contributed by atoms with E-state index >= 15 is 0 Å². The third-order valence-electron chi connectivity index (χ3n) is 3.11. The van der Waals surface area contributed by atoms with Crippen molar-refractivity contribution in [2.24, 2.45) is 0 Å². The van der Waals surface area contributed by atoms with Crippen molar-refractivity contribution in [3.05, 3.63) is 69.2 Å². The van der Waals surface area contributed by atoms with Gasteiger partial charge in [-0.3, -0.25) is 4.98 Å². The first-order chi connectivity index (χ1) is 10.1. The van der Waals surface area contributed by atoms with Crippen molar-refractivity contribution in [3.63, 3.8) is 0 Å². The van der Waals surface area contributed by atoms with E-state index in [2.05, 4.69) is 25.9 Å². The van der Waals surface area contributed by atoms with E-state index in [9.17, 15) is 9.50 Å². The third kappa shape index (κ3) is 2.64. The Morgan fingerprint density at radius 1 is 1.14 bits per heavy atom. The highest BCUT2D eigenvalue weighted by Crippen LogP contribution is 2.32. The summed E-state index contributed by atoms with van der Waals surface area (Å²) in [4.78, 5) is 8.52. The minimum Gasteiger partial charge on any atom is -0.382 e. The molecule has 1 aromatic heterocycles. The topological polar surface area (TPSA) is 46.0 Å². The Balaban J connectivity index is 2.08. The summed E-state index contributed by atoms with van der Waals surface area (Å²) in [7, 11) is 0. The zero-order valence-electron chi connectivity index (χ0n) is 10.6. The van der Waals surface area contributed by atoms with Gasteiger partial charge in [-0.2, -0.15) is 0 Å². The molecule has 2 aromatic carbocycles. The van der Waals surface area contributed by atoms with Gasteiger partial charge >= 0.3 is 0 Å². The van der Waals surface area contributed by atoms with Crippen molar-refractivity contribution in [3.8, 4) is 0 Å². The molecule has 106 valence electrons. The van der Waals surface area contributed by atoms with Gasteiger partial charge in [0.1, 0.15) is 11.9 Å². The summed E-state index contributed by atoms with van der Waals surface area (Å²) in [6.07, 6.45) is 0.204. The molecule has 3 rings (SSSR count). The van der Waals surface area contributed by atoms with Crippen molar-refractivity contribution < 1.29 is 9.50 Å². The molecule has 0 aliphatic carbocycles. The van der Waals surface area contributed by atoms with E-state index in [1.807, 2.05) is 18.2 Å². The van der Waals surface area contributed by atoms with Crippen LogP contribution in [0, 0.1) is 5.82 Å². The van der Waals surface area contributed by atoms with Gasteiger partial charge in [-0.15, -0.1) is 0 Å². The lowest BCUT2D eigenvalue weighted by Gasteiger charge is -2.13. The molecule has 1 N–H and O–H groups in total. The highest BCUT2D eigenvalue weighted by atomic mass is 79.9. The van der Waals surface area contributed by atoms with E-state index in [1.54, 1.807) is 12.1 Å². The Labute approximate surface area is 133 Å². The average molecular weight is 368 g/mol. The number of nitrogens with zero attached hydrogens (tertiary/aromatic N) is 2. The number of hydrogen-bond donors (Lipinski definition) is 1. The monoisotopic (exact) mass is 366 g/mol. The highest BCUT2D eigenvalue weighted by molar-refractivity contribution is 9.10. The Hall–Kier alpha value is -1.56. The molecule has 6 heteroatoms. The Morgan fingerprint density at radius 3 is 2.62 bits per heavy atom. The van der Waals surface area contributed by atoms with Crippen LogP contribution < -0.4 is 0 Å². The fraction of sp³-hybridized carbons (Fsp3) is 0.0667. The zero-order valence-corrected chi connectivity index (χ0v) is 12.9. The largest absolute Gasteiger partial charge is 0.382 e. The van der Waals surface area contributed by atoms with Gasteiger partial charge in [-0.25, -0.2) is 9.37 Å². The lowest BCUT2D eigenvalue weighted by atomic mass is 10.1. The van der Waals surface area contributed by atoms with Gasteiger partial charge in [0.25, 0.3) is 0 Å². The second-order valence-electron chi connectivity index (χ2n) is 4.45. The molecule has 0 amide bonds. The number of halogens is 3. The van der Waals surface area contributed by atoms with Crippen molar-refractivity contribution in [1.82, 2.24) is 9.97 Å². The van der Waals surface area contributed by atoms with E-state index < -0.39 is 11.9 Å². The fourth-order valence-electron chi connectivity index (χ4n) is 2.01. The van der Waals surface area contributed by atoms with Gasteiger partial charge < -0.3 is 5.11 Å². The van der Waals surface area contributed by atoms with Crippen LogP contribution in [0.25, 0.3) is 11.0 Å². The molecule has 0 spiro atoms. The van der Waals surface area contributed by atoms with Crippen LogP contribution in [0.15, 0.2) is 47.1 Å². The van der Waals surface area contributed by atoms with Crippen LogP contribution in [0.4, 0.5) is 4.39 Å². The molecule has 0 bridgehead atoms. The van der Waals surface area contributed by atoms with E-state index in [0.29, 0.717) is 15.5 Å². The Kier molecular flexibility index (Phi) is 3.89. The van der Waals surface area contributed by atoms with Crippen LogP contribution in [0.3, 0.4) is 0 Å². The number of aliphatic hydroxyl groups excluding tert-OH is 1. The predicted octanol–water partition coefficient (Wildman–Crippen LogP) is 4.27. The number of rotatable bonds is 2. The fourth-order valence-corrected chi connectivity index (χ4v) is 2.49. The molecular weight excluding hydrogens is 359 g/mol. The number of fused-ring (bicyclic) bond motifs is 1. The quantitative estimate of drug-likeness (QED) is 0.688. The minimum absolute atomic E-state index is 0.0628.